The second-order valence-electron chi connectivity index (χ2n) is 14.4. The summed E-state index contributed by atoms with van der Waals surface area (Å²) in [6.07, 6.45) is 0. The first-order valence-corrected chi connectivity index (χ1v) is 19.1. The highest BCUT2D eigenvalue weighted by Crippen LogP contribution is 2.52. The Hall–Kier alpha value is -7.43. The number of hydrogen-bond donors (Lipinski definition) is 0. The molecule has 7 aromatic carbocycles. The van der Waals surface area contributed by atoms with Crippen LogP contribution in [-0.4, -0.2) is 19.5 Å². The SMILES string of the molecule is c1ccc(-c2cc(-c3ccccc3)nc(-n3c4ccccc4c4ccc5c(c43)C(c3nc(-c4ccccc4)cc(-c4ccccc4)n3)c3ccccc3-5)c2)cc1. The van der Waals surface area contributed by atoms with Crippen molar-refractivity contribution in [2.45, 2.75) is 5.92 Å². The predicted octanol–water partition coefficient (Wildman–Crippen LogP) is 12.8. The van der Waals surface area contributed by atoms with Gasteiger partial charge in [-0.25, -0.2) is 15.0 Å². The molecule has 56 heavy (non-hydrogen) atoms. The molecule has 1 aliphatic carbocycles. The number of hydrogen-bond acceptors (Lipinski definition) is 3. The monoisotopic (exact) mass is 714 g/mol. The van der Waals surface area contributed by atoms with E-state index in [0.717, 1.165) is 67.6 Å². The average Bonchev–Trinajstić information content (AvgIpc) is 3.81. The first kappa shape index (κ1) is 32.0. The van der Waals surface area contributed by atoms with Crippen LogP contribution in [0.5, 0.6) is 0 Å². The van der Waals surface area contributed by atoms with Crippen molar-refractivity contribution in [3.8, 4) is 61.8 Å². The molecule has 0 amide bonds. The van der Waals surface area contributed by atoms with E-state index in [-0.39, 0.29) is 5.92 Å². The van der Waals surface area contributed by atoms with Gasteiger partial charge in [-0.3, -0.25) is 4.57 Å². The molecule has 0 aliphatic heterocycles. The predicted molar refractivity (Wildman–Crippen MR) is 229 cm³/mol. The Bertz CT molecular complexity index is 2950. The Balaban J connectivity index is 1.24. The Kier molecular flexibility index (Phi) is 7.52. The quantitative estimate of drug-likeness (QED) is 0.172. The molecule has 1 aliphatic rings. The molecule has 262 valence electrons. The molecule has 3 aromatic heterocycles. The molecule has 0 saturated heterocycles. The summed E-state index contributed by atoms with van der Waals surface area (Å²) in [4.78, 5) is 16.4. The molecule has 0 radical (unpaired) electrons. The summed E-state index contributed by atoms with van der Waals surface area (Å²) < 4.78 is 2.39. The number of fused-ring (bicyclic) bond motifs is 7. The molecule has 11 rings (SSSR count). The van der Waals surface area contributed by atoms with Gasteiger partial charge in [0.05, 0.1) is 34.0 Å². The van der Waals surface area contributed by atoms with Crippen LogP contribution in [0.1, 0.15) is 22.9 Å². The summed E-state index contributed by atoms with van der Waals surface area (Å²) in [5.74, 6) is 1.41. The first-order chi connectivity index (χ1) is 27.8. The zero-order valence-electron chi connectivity index (χ0n) is 30.4. The van der Waals surface area contributed by atoms with Crippen LogP contribution < -0.4 is 0 Å². The number of nitrogens with zero attached hydrogens (tertiary/aromatic N) is 4. The van der Waals surface area contributed by atoms with Crippen LogP contribution in [0.15, 0.2) is 200 Å². The fourth-order valence-corrected chi connectivity index (χ4v) is 8.56. The van der Waals surface area contributed by atoms with E-state index in [9.17, 15) is 0 Å². The number of aromatic nitrogens is 4. The lowest BCUT2D eigenvalue weighted by molar-refractivity contribution is 0.879. The van der Waals surface area contributed by atoms with Gasteiger partial charge >= 0.3 is 0 Å². The van der Waals surface area contributed by atoms with Gasteiger partial charge in [0.15, 0.2) is 0 Å². The third-order valence-corrected chi connectivity index (χ3v) is 11.1. The number of pyridine rings is 1. The molecule has 0 spiro atoms. The van der Waals surface area contributed by atoms with Gasteiger partial charge in [0.25, 0.3) is 0 Å². The van der Waals surface area contributed by atoms with Crippen LogP contribution in [0.2, 0.25) is 0 Å². The fourth-order valence-electron chi connectivity index (χ4n) is 8.56. The molecule has 4 heteroatoms. The van der Waals surface area contributed by atoms with Crippen molar-refractivity contribution in [1.29, 1.82) is 0 Å². The zero-order valence-corrected chi connectivity index (χ0v) is 30.4. The third-order valence-electron chi connectivity index (χ3n) is 11.1. The van der Waals surface area contributed by atoms with E-state index in [1.807, 2.05) is 12.1 Å². The van der Waals surface area contributed by atoms with Crippen LogP contribution in [0.4, 0.5) is 0 Å². The molecule has 4 nitrogen and oxygen atoms in total. The highest BCUT2D eigenvalue weighted by atomic mass is 15.1. The highest BCUT2D eigenvalue weighted by Gasteiger charge is 2.36. The van der Waals surface area contributed by atoms with E-state index in [2.05, 4.69) is 193 Å². The normalized spacial score (nSPS) is 13.2. The summed E-state index contributed by atoms with van der Waals surface area (Å²) in [5, 5.41) is 2.35. The van der Waals surface area contributed by atoms with Gasteiger partial charge in [0.1, 0.15) is 11.6 Å². The molecule has 0 fully saturated rings. The maximum Gasteiger partial charge on any atom is 0.141 e. The summed E-state index contributed by atoms with van der Waals surface area (Å²) >= 11 is 0. The van der Waals surface area contributed by atoms with Gasteiger partial charge in [-0.05, 0) is 57.6 Å². The summed E-state index contributed by atoms with van der Waals surface area (Å²) in [7, 11) is 0. The van der Waals surface area contributed by atoms with Crippen LogP contribution in [0.3, 0.4) is 0 Å². The summed E-state index contributed by atoms with van der Waals surface area (Å²) in [6.45, 7) is 0. The second-order valence-corrected chi connectivity index (χ2v) is 14.4. The average molecular weight is 715 g/mol. The Morgan fingerprint density at radius 3 is 1.55 bits per heavy atom. The summed E-state index contributed by atoms with van der Waals surface area (Å²) in [6, 6.07) is 70.6. The van der Waals surface area contributed by atoms with Crippen molar-refractivity contribution in [2.24, 2.45) is 0 Å². The van der Waals surface area contributed by atoms with Gasteiger partial charge in [0, 0.05) is 27.5 Å². The van der Waals surface area contributed by atoms with E-state index in [4.69, 9.17) is 15.0 Å². The fraction of sp³-hybridized carbons (Fsp3) is 0.0192. The van der Waals surface area contributed by atoms with Crippen molar-refractivity contribution >= 4 is 21.8 Å². The smallest absolute Gasteiger partial charge is 0.141 e. The van der Waals surface area contributed by atoms with E-state index in [1.165, 1.54) is 33.0 Å². The van der Waals surface area contributed by atoms with Crippen molar-refractivity contribution in [3.63, 3.8) is 0 Å². The van der Waals surface area contributed by atoms with Crippen molar-refractivity contribution in [1.82, 2.24) is 19.5 Å². The lowest BCUT2D eigenvalue weighted by atomic mass is 9.93. The molecule has 1 unspecified atom stereocenters. The molecular formula is C52H34N4. The zero-order chi connectivity index (χ0) is 37.0. The molecule has 0 N–H and O–H groups in total. The highest BCUT2D eigenvalue weighted by molar-refractivity contribution is 6.13. The van der Waals surface area contributed by atoms with E-state index in [0.29, 0.717) is 0 Å². The Morgan fingerprint density at radius 2 is 0.911 bits per heavy atom. The molecule has 0 saturated carbocycles. The molecular weight excluding hydrogens is 681 g/mol. The van der Waals surface area contributed by atoms with Gasteiger partial charge in [-0.1, -0.05) is 176 Å². The van der Waals surface area contributed by atoms with Gasteiger partial charge in [0.2, 0.25) is 0 Å². The minimum atomic E-state index is -0.231. The van der Waals surface area contributed by atoms with Crippen molar-refractivity contribution < 1.29 is 0 Å². The minimum Gasteiger partial charge on any atom is -0.293 e. The lowest BCUT2D eigenvalue weighted by Gasteiger charge is -2.19. The van der Waals surface area contributed by atoms with E-state index in [1.54, 1.807) is 0 Å². The third kappa shape index (κ3) is 5.26. The molecule has 3 heterocycles. The first-order valence-electron chi connectivity index (χ1n) is 19.1. The molecule has 1 atom stereocenters. The van der Waals surface area contributed by atoms with Crippen LogP contribution in [0, 0.1) is 0 Å². The van der Waals surface area contributed by atoms with Crippen LogP contribution in [-0.2, 0) is 0 Å². The number of para-hydroxylation sites is 1. The van der Waals surface area contributed by atoms with Gasteiger partial charge in [-0.2, -0.15) is 0 Å². The largest absolute Gasteiger partial charge is 0.293 e. The van der Waals surface area contributed by atoms with Crippen molar-refractivity contribution in [2.75, 3.05) is 0 Å². The standard InChI is InChI=1S/C52H34N4/c1-5-17-34(18-6-1)38-31-44(35-19-7-2-8-20-35)53-48(32-38)56-47-28-16-15-26-40(47)43-30-29-42-39-25-13-14-27-41(39)50(49(42)51(43)56)52-54-45(36-21-9-3-10-22-36)33-46(55-52)37-23-11-4-12-24-37/h1-33,50H. The number of benzene rings is 7. The second kappa shape index (κ2) is 13.2. The molecule has 0 bridgehead atoms. The van der Waals surface area contributed by atoms with Gasteiger partial charge < -0.3 is 0 Å². The summed E-state index contributed by atoms with van der Waals surface area (Å²) in [5.41, 5.74) is 15.2. The maximum atomic E-state index is 5.48. The number of rotatable bonds is 6. The minimum absolute atomic E-state index is 0.231. The van der Waals surface area contributed by atoms with E-state index >= 15 is 0 Å². The topological polar surface area (TPSA) is 43.6 Å². The Morgan fingerprint density at radius 1 is 0.375 bits per heavy atom. The molecule has 10 aromatic rings. The lowest BCUT2D eigenvalue weighted by Crippen LogP contribution is -2.09. The van der Waals surface area contributed by atoms with Crippen molar-refractivity contribution in [3.05, 3.63) is 217 Å². The van der Waals surface area contributed by atoms with E-state index < -0.39 is 0 Å². The van der Waals surface area contributed by atoms with Crippen LogP contribution >= 0.6 is 0 Å². The van der Waals surface area contributed by atoms with Gasteiger partial charge in [-0.15, -0.1) is 0 Å². The maximum absolute atomic E-state index is 5.48. The Labute approximate surface area is 325 Å². The van der Waals surface area contributed by atoms with Crippen LogP contribution in [0.25, 0.3) is 83.6 Å².